The summed E-state index contributed by atoms with van der Waals surface area (Å²) in [5.41, 5.74) is 1.77. The Bertz CT molecular complexity index is 874. The summed E-state index contributed by atoms with van der Waals surface area (Å²) >= 11 is 0. The highest BCUT2D eigenvalue weighted by molar-refractivity contribution is 14.0. The molecule has 1 saturated heterocycles. The van der Waals surface area contributed by atoms with Crippen molar-refractivity contribution in [2.45, 2.75) is 25.8 Å². The summed E-state index contributed by atoms with van der Waals surface area (Å²) in [7, 11) is 1.70. The van der Waals surface area contributed by atoms with Crippen molar-refractivity contribution in [1.29, 1.82) is 0 Å². The van der Waals surface area contributed by atoms with Crippen molar-refractivity contribution in [3.63, 3.8) is 0 Å². The lowest BCUT2D eigenvalue weighted by atomic mass is 10.1. The standard InChI is InChI=1S/C24H34N6O2.HI/c1-3-26-24(28-13-12-27-23(31)20-9-7-11-25-17-20)29-18-22(30-14-4-5-15-30)19-8-6-10-21(16-19)32-2;/h6-11,16-17,22H,3-5,12-15,18H2,1-2H3,(H,27,31)(H2,26,28,29);1H. The number of rotatable bonds is 10. The van der Waals surface area contributed by atoms with Gasteiger partial charge >= 0.3 is 0 Å². The Morgan fingerprint density at radius 3 is 2.64 bits per heavy atom. The molecule has 1 unspecified atom stereocenters. The number of carbonyl (C=O) groups is 1. The molecular weight excluding hydrogens is 531 g/mol. The lowest BCUT2D eigenvalue weighted by Crippen LogP contribution is -2.42. The zero-order valence-electron chi connectivity index (χ0n) is 19.4. The molecule has 33 heavy (non-hydrogen) atoms. The van der Waals surface area contributed by atoms with Gasteiger partial charge in [-0.05, 0) is 62.7 Å². The number of hydrogen-bond donors (Lipinski definition) is 3. The van der Waals surface area contributed by atoms with Crippen molar-refractivity contribution in [2.24, 2.45) is 4.99 Å². The second kappa shape index (κ2) is 14.7. The molecule has 1 amide bonds. The van der Waals surface area contributed by atoms with E-state index in [0.29, 0.717) is 25.2 Å². The van der Waals surface area contributed by atoms with Crippen LogP contribution in [0.5, 0.6) is 5.75 Å². The van der Waals surface area contributed by atoms with Crippen molar-refractivity contribution in [3.8, 4) is 5.75 Å². The SMILES string of the molecule is CCNC(=NCC(c1cccc(OC)c1)N1CCCC1)NCCNC(=O)c1cccnc1.I. The van der Waals surface area contributed by atoms with Gasteiger partial charge in [0.05, 0.1) is 25.3 Å². The van der Waals surface area contributed by atoms with E-state index < -0.39 is 0 Å². The highest BCUT2D eigenvalue weighted by atomic mass is 127. The third-order valence-electron chi connectivity index (χ3n) is 5.45. The number of likely N-dealkylation sites (tertiary alicyclic amines) is 1. The fourth-order valence-corrected chi connectivity index (χ4v) is 3.81. The van der Waals surface area contributed by atoms with Gasteiger partial charge in [-0.25, -0.2) is 0 Å². The first kappa shape index (κ1) is 26.8. The number of halogens is 1. The van der Waals surface area contributed by atoms with Gasteiger partial charge in [0.25, 0.3) is 5.91 Å². The number of nitrogens with zero attached hydrogens (tertiary/aromatic N) is 3. The molecule has 3 N–H and O–H groups in total. The molecule has 180 valence electrons. The molecule has 1 aliphatic rings. The molecule has 1 aromatic carbocycles. The smallest absolute Gasteiger partial charge is 0.252 e. The first-order valence-electron chi connectivity index (χ1n) is 11.3. The molecular formula is C24H35IN6O2. The maximum absolute atomic E-state index is 12.1. The van der Waals surface area contributed by atoms with Crippen molar-refractivity contribution in [2.75, 3.05) is 46.4 Å². The third-order valence-corrected chi connectivity index (χ3v) is 5.45. The molecule has 2 heterocycles. The van der Waals surface area contributed by atoms with Crippen LogP contribution in [0.1, 0.15) is 41.7 Å². The van der Waals surface area contributed by atoms with Gasteiger partial charge in [0.15, 0.2) is 5.96 Å². The first-order chi connectivity index (χ1) is 15.7. The van der Waals surface area contributed by atoms with Crippen molar-refractivity contribution < 1.29 is 9.53 Å². The van der Waals surface area contributed by atoms with Crippen LogP contribution in [0.2, 0.25) is 0 Å². The van der Waals surface area contributed by atoms with Crippen molar-refractivity contribution in [3.05, 3.63) is 59.9 Å². The number of methoxy groups -OCH3 is 1. The number of aromatic nitrogens is 1. The van der Waals surface area contributed by atoms with Crippen LogP contribution in [0.15, 0.2) is 53.8 Å². The summed E-state index contributed by atoms with van der Waals surface area (Å²) in [5.74, 6) is 1.48. The number of amides is 1. The Hall–Kier alpha value is -2.40. The van der Waals surface area contributed by atoms with E-state index in [1.165, 1.54) is 18.4 Å². The third kappa shape index (κ3) is 8.47. The van der Waals surface area contributed by atoms with E-state index in [1.54, 1.807) is 31.6 Å². The maximum Gasteiger partial charge on any atom is 0.252 e. The maximum atomic E-state index is 12.1. The Morgan fingerprint density at radius 1 is 1.15 bits per heavy atom. The molecule has 9 heteroatoms. The van der Waals surface area contributed by atoms with Gasteiger partial charge in [-0.3, -0.25) is 19.7 Å². The van der Waals surface area contributed by atoms with Crippen LogP contribution in [0.25, 0.3) is 0 Å². The number of guanidine groups is 1. The summed E-state index contributed by atoms with van der Waals surface area (Å²) in [6.07, 6.45) is 5.65. The molecule has 0 bridgehead atoms. The summed E-state index contributed by atoms with van der Waals surface area (Å²) in [4.78, 5) is 23.5. The largest absolute Gasteiger partial charge is 0.497 e. The Balaban J connectivity index is 0.00000385. The van der Waals surface area contributed by atoms with Gasteiger partial charge < -0.3 is 20.7 Å². The molecule has 0 saturated carbocycles. The molecule has 0 aliphatic carbocycles. The molecule has 1 fully saturated rings. The number of aliphatic imine (C=N–C) groups is 1. The van der Waals surface area contributed by atoms with E-state index in [9.17, 15) is 4.79 Å². The van der Waals surface area contributed by atoms with Crippen LogP contribution in [-0.2, 0) is 0 Å². The van der Waals surface area contributed by atoms with Crippen molar-refractivity contribution in [1.82, 2.24) is 25.8 Å². The molecule has 3 rings (SSSR count). The molecule has 1 atom stereocenters. The first-order valence-corrected chi connectivity index (χ1v) is 11.3. The zero-order valence-corrected chi connectivity index (χ0v) is 21.7. The van der Waals surface area contributed by atoms with E-state index in [2.05, 4.69) is 38.0 Å². The quantitative estimate of drug-likeness (QED) is 0.178. The van der Waals surface area contributed by atoms with Crippen molar-refractivity contribution >= 4 is 35.8 Å². The van der Waals surface area contributed by atoms with Gasteiger partial charge in [0.2, 0.25) is 0 Å². The average molecular weight is 566 g/mol. The lowest BCUT2D eigenvalue weighted by molar-refractivity contribution is 0.0954. The normalized spacial score (nSPS) is 14.8. The number of pyridine rings is 1. The fourth-order valence-electron chi connectivity index (χ4n) is 3.81. The minimum absolute atomic E-state index is 0. The number of carbonyl (C=O) groups excluding carboxylic acids is 1. The predicted octanol–water partition coefficient (Wildman–Crippen LogP) is 2.83. The summed E-state index contributed by atoms with van der Waals surface area (Å²) < 4.78 is 5.43. The predicted molar refractivity (Wildman–Crippen MR) is 143 cm³/mol. The van der Waals surface area contributed by atoms with Gasteiger partial charge in [-0.1, -0.05) is 12.1 Å². The molecule has 8 nitrogen and oxygen atoms in total. The van der Waals surface area contributed by atoms with Gasteiger partial charge in [-0.2, -0.15) is 0 Å². The monoisotopic (exact) mass is 566 g/mol. The van der Waals surface area contributed by atoms with Crippen LogP contribution in [0.4, 0.5) is 0 Å². The molecule has 0 radical (unpaired) electrons. The summed E-state index contributed by atoms with van der Waals surface area (Å²) in [6, 6.07) is 12.0. The Labute approximate surface area is 213 Å². The topological polar surface area (TPSA) is 90.9 Å². The highest BCUT2D eigenvalue weighted by Gasteiger charge is 2.23. The van der Waals surface area contributed by atoms with Crippen LogP contribution >= 0.6 is 24.0 Å². The Morgan fingerprint density at radius 2 is 1.94 bits per heavy atom. The minimum Gasteiger partial charge on any atom is -0.497 e. The van der Waals surface area contributed by atoms with Crippen LogP contribution in [0, 0.1) is 0 Å². The van der Waals surface area contributed by atoms with E-state index in [4.69, 9.17) is 9.73 Å². The number of nitrogens with one attached hydrogen (secondary N) is 3. The number of ether oxygens (including phenoxy) is 1. The second-order valence-electron chi connectivity index (χ2n) is 7.68. The van der Waals surface area contributed by atoms with E-state index in [-0.39, 0.29) is 35.9 Å². The molecule has 1 aliphatic heterocycles. The van der Waals surface area contributed by atoms with Crippen LogP contribution in [0.3, 0.4) is 0 Å². The van der Waals surface area contributed by atoms with Crippen LogP contribution in [-0.4, -0.2) is 68.1 Å². The fraction of sp³-hybridized carbons (Fsp3) is 0.458. The van der Waals surface area contributed by atoms with E-state index in [1.807, 2.05) is 19.1 Å². The minimum atomic E-state index is -0.131. The van der Waals surface area contributed by atoms with Gasteiger partial charge in [0, 0.05) is 32.0 Å². The summed E-state index contributed by atoms with van der Waals surface area (Å²) in [5, 5.41) is 9.51. The second-order valence-corrected chi connectivity index (χ2v) is 7.68. The van der Waals surface area contributed by atoms with E-state index >= 15 is 0 Å². The highest BCUT2D eigenvalue weighted by Crippen LogP contribution is 2.27. The summed E-state index contributed by atoms with van der Waals surface area (Å²) in [6.45, 7) is 6.69. The molecule has 1 aromatic heterocycles. The zero-order chi connectivity index (χ0) is 22.6. The Kier molecular flexibility index (Phi) is 12.0. The van der Waals surface area contributed by atoms with E-state index in [0.717, 1.165) is 31.3 Å². The molecule has 0 spiro atoms. The molecule has 2 aromatic rings. The number of hydrogen-bond acceptors (Lipinski definition) is 5. The van der Waals surface area contributed by atoms with Gasteiger partial charge in [-0.15, -0.1) is 24.0 Å². The number of benzene rings is 1. The lowest BCUT2D eigenvalue weighted by Gasteiger charge is -2.27. The van der Waals surface area contributed by atoms with Gasteiger partial charge in [0.1, 0.15) is 5.75 Å². The van der Waals surface area contributed by atoms with Crippen LogP contribution < -0.4 is 20.7 Å². The average Bonchev–Trinajstić information content (AvgIpc) is 3.37.